The molecule has 2 N–H and O–H groups in total. The molecule has 0 saturated carbocycles. The van der Waals surface area contributed by atoms with Crippen LogP contribution >= 0.6 is 0 Å². The third-order valence-electron chi connectivity index (χ3n) is 10.3. The summed E-state index contributed by atoms with van der Waals surface area (Å²) in [6.45, 7) is 1.84. The van der Waals surface area contributed by atoms with Crippen LogP contribution in [0.4, 0.5) is 0 Å². The van der Waals surface area contributed by atoms with E-state index in [2.05, 4.69) is 133 Å². The van der Waals surface area contributed by atoms with Crippen LogP contribution in [0.25, 0.3) is 33.0 Å². The van der Waals surface area contributed by atoms with E-state index in [-0.39, 0.29) is 13.2 Å². The highest BCUT2D eigenvalue weighted by molar-refractivity contribution is 5.91. The van der Waals surface area contributed by atoms with Crippen molar-refractivity contribution in [2.75, 3.05) is 26.4 Å². The number of rotatable bonds is 17. The van der Waals surface area contributed by atoms with Gasteiger partial charge in [-0.3, -0.25) is 0 Å². The number of hydrogen-bond acceptors (Lipinski definition) is 4. The molecule has 0 amide bonds. The molecule has 1 aliphatic rings. The fourth-order valence-electron chi connectivity index (χ4n) is 7.74. The standard InChI is InChI=1S/C47H48O4/c48-29-9-1-3-11-31-50-41-24-20-39(21-25-41)47(40-22-26-42(27-23-40)51-32-12-4-2-10-30-49)45-16-8-7-15-43(45)44-34-38(19-28-46(44)47)37-18-17-35-13-5-6-14-36(35)33-37/h5-8,13-28,33-34,48-49H,1-4,9-12,29-32H2. The molecule has 4 heteroatoms. The molecule has 0 spiro atoms. The first-order valence-corrected chi connectivity index (χ1v) is 18.6. The zero-order chi connectivity index (χ0) is 34.9. The normalized spacial score (nSPS) is 12.8. The summed E-state index contributed by atoms with van der Waals surface area (Å²) in [6.07, 6.45) is 7.81. The number of fused-ring (bicyclic) bond motifs is 4. The molecule has 6 aromatic carbocycles. The first kappa shape index (κ1) is 34.5. The average Bonchev–Trinajstić information content (AvgIpc) is 3.48. The Morgan fingerprint density at radius 2 is 0.922 bits per heavy atom. The molecule has 4 nitrogen and oxygen atoms in total. The number of benzene rings is 6. The molecule has 0 aliphatic heterocycles. The number of aliphatic hydroxyl groups excluding tert-OH is 2. The Labute approximate surface area is 302 Å². The third-order valence-corrected chi connectivity index (χ3v) is 10.3. The maximum absolute atomic E-state index is 9.08. The van der Waals surface area contributed by atoms with Crippen LogP contribution in [-0.2, 0) is 5.41 Å². The van der Waals surface area contributed by atoms with Crippen LogP contribution in [0.15, 0.2) is 133 Å². The lowest BCUT2D eigenvalue weighted by atomic mass is 9.67. The second-order valence-electron chi connectivity index (χ2n) is 13.6. The lowest BCUT2D eigenvalue weighted by Crippen LogP contribution is -2.28. The number of unbranched alkanes of at least 4 members (excludes halogenated alkanes) is 6. The topological polar surface area (TPSA) is 58.9 Å². The molecule has 0 fully saturated rings. The van der Waals surface area contributed by atoms with Gasteiger partial charge in [0, 0.05) is 13.2 Å². The molecular formula is C47H48O4. The third kappa shape index (κ3) is 7.30. The zero-order valence-electron chi connectivity index (χ0n) is 29.4. The predicted octanol–water partition coefficient (Wildman–Crippen LogP) is 10.7. The highest BCUT2D eigenvalue weighted by Crippen LogP contribution is 2.57. The molecule has 51 heavy (non-hydrogen) atoms. The first-order chi connectivity index (χ1) is 25.2. The summed E-state index contributed by atoms with van der Waals surface area (Å²) in [6, 6.07) is 48.6. The van der Waals surface area contributed by atoms with Crippen molar-refractivity contribution in [3.63, 3.8) is 0 Å². The Balaban J connectivity index is 1.26. The van der Waals surface area contributed by atoms with Crippen LogP contribution < -0.4 is 9.47 Å². The van der Waals surface area contributed by atoms with Crippen LogP contribution in [0.5, 0.6) is 11.5 Å². The molecule has 0 heterocycles. The van der Waals surface area contributed by atoms with Crippen molar-refractivity contribution in [2.24, 2.45) is 0 Å². The second kappa shape index (κ2) is 16.4. The number of hydrogen-bond donors (Lipinski definition) is 2. The summed E-state index contributed by atoms with van der Waals surface area (Å²) >= 11 is 0. The van der Waals surface area contributed by atoms with Crippen LogP contribution in [0.2, 0.25) is 0 Å². The first-order valence-electron chi connectivity index (χ1n) is 18.6. The van der Waals surface area contributed by atoms with Crippen molar-refractivity contribution < 1.29 is 19.7 Å². The summed E-state index contributed by atoms with van der Waals surface area (Å²) in [5.41, 5.74) is 9.32. The van der Waals surface area contributed by atoms with Gasteiger partial charge in [-0.15, -0.1) is 0 Å². The van der Waals surface area contributed by atoms with Crippen molar-refractivity contribution in [1.82, 2.24) is 0 Å². The minimum atomic E-state index is -0.528. The SMILES string of the molecule is OCCCCCCOc1ccc(C2(c3ccc(OCCCCCCO)cc3)c3ccccc3-c3cc(-c4ccc5ccccc5c4)ccc32)cc1. The van der Waals surface area contributed by atoms with Gasteiger partial charge in [0.25, 0.3) is 0 Å². The largest absolute Gasteiger partial charge is 0.494 e. The Morgan fingerprint density at radius 3 is 1.55 bits per heavy atom. The number of aliphatic hydroxyl groups is 2. The Bertz CT molecular complexity index is 1970. The van der Waals surface area contributed by atoms with Crippen molar-refractivity contribution in [3.05, 3.63) is 156 Å². The smallest absolute Gasteiger partial charge is 0.119 e. The fraction of sp³-hybridized carbons (Fsp3) is 0.277. The van der Waals surface area contributed by atoms with Crippen LogP contribution in [0, 0.1) is 0 Å². The van der Waals surface area contributed by atoms with Crippen LogP contribution in [0.1, 0.15) is 73.6 Å². The van der Waals surface area contributed by atoms with Gasteiger partial charge in [0.05, 0.1) is 18.6 Å². The fourth-order valence-corrected chi connectivity index (χ4v) is 7.74. The summed E-state index contributed by atoms with van der Waals surface area (Å²) in [4.78, 5) is 0. The van der Waals surface area contributed by atoms with Crippen molar-refractivity contribution in [2.45, 2.75) is 56.8 Å². The minimum absolute atomic E-state index is 0.253. The maximum Gasteiger partial charge on any atom is 0.119 e. The van der Waals surface area contributed by atoms with E-state index in [0.29, 0.717) is 13.2 Å². The van der Waals surface area contributed by atoms with Gasteiger partial charge in [0.2, 0.25) is 0 Å². The Hall–Kier alpha value is -4.90. The van der Waals surface area contributed by atoms with Crippen molar-refractivity contribution >= 4 is 10.8 Å². The molecule has 260 valence electrons. The molecule has 0 radical (unpaired) electrons. The second-order valence-corrected chi connectivity index (χ2v) is 13.6. The highest BCUT2D eigenvalue weighted by atomic mass is 16.5. The Morgan fingerprint density at radius 1 is 0.412 bits per heavy atom. The van der Waals surface area contributed by atoms with E-state index in [0.717, 1.165) is 62.9 Å². The summed E-state index contributed by atoms with van der Waals surface area (Å²) in [7, 11) is 0. The van der Waals surface area contributed by atoms with E-state index >= 15 is 0 Å². The monoisotopic (exact) mass is 676 g/mol. The van der Waals surface area contributed by atoms with E-state index in [9.17, 15) is 0 Å². The molecule has 0 unspecified atom stereocenters. The average molecular weight is 677 g/mol. The van der Waals surface area contributed by atoms with Crippen molar-refractivity contribution in [3.8, 4) is 33.8 Å². The van der Waals surface area contributed by atoms with Gasteiger partial charge < -0.3 is 19.7 Å². The molecule has 1 aliphatic carbocycles. The minimum Gasteiger partial charge on any atom is -0.494 e. The Kier molecular flexibility index (Phi) is 11.1. The number of ether oxygens (including phenoxy) is 2. The van der Waals surface area contributed by atoms with Gasteiger partial charge in [-0.25, -0.2) is 0 Å². The maximum atomic E-state index is 9.08. The van der Waals surface area contributed by atoms with E-state index in [1.54, 1.807) is 0 Å². The van der Waals surface area contributed by atoms with Crippen molar-refractivity contribution in [1.29, 1.82) is 0 Å². The molecule has 7 rings (SSSR count). The van der Waals surface area contributed by atoms with Crippen LogP contribution in [0.3, 0.4) is 0 Å². The molecule has 0 saturated heterocycles. The van der Waals surface area contributed by atoms with Crippen LogP contribution in [-0.4, -0.2) is 36.6 Å². The lowest BCUT2D eigenvalue weighted by Gasteiger charge is -2.34. The zero-order valence-corrected chi connectivity index (χ0v) is 29.4. The molecule has 0 atom stereocenters. The quantitative estimate of drug-likeness (QED) is 0.0943. The van der Waals surface area contributed by atoms with Gasteiger partial charge in [-0.2, -0.15) is 0 Å². The van der Waals surface area contributed by atoms with E-state index in [1.165, 1.54) is 55.3 Å². The molecule has 0 bridgehead atoms. The van der Waals surface area contributed by atoms with E-state index in [4.69, 9.17) is 19.7 Å². The lowest BCUT2D eigenvalue weighted by molar-refractivity contribution is 0.273. The summed E-state index contributed by atoms with van der Waals surface area (Å²) < 4.78 is 12.3. The highest BCUT2D eigenvalue weighted by Gasteiger charge is 2.46. The molecule has 6 aromatic rings. The van der Waals surface area contributed by atoms with Gasteiger partial charge >= 0.3 is 0 Å². The van der Waals surface area contributed by atoms with E-state index in [1.807, 2.05) is 0 Å². The molecule has 0 aromatic heterocycles. The summed E-state index contributed by atoms with van der Waals surface area (Å²) in [5.74, 6) is 1.74. The van der Waals surface area contributed by atoms with Gasteiger partial charge in [0.15, 0.2) is 0 Å². The summed E-state index contributed by atoms with van der Waals surface area (Å²) in [5, 5.41) is 20.6. The van der Waals surface area contributed by atoms with Gasteiger partial charge in [-0.1, -0.05) is 110 Å². The molecular weight excluding hydrogens is 629 g/mol. The van der Waals surface area contributed by atoms with E-state index < -0.39 is 5.41 Å². The van der Waals surface area contributed by atoms with Gasteiger partial charge in [-0.05, 0) is 130 Å². The van der Waals surface area contributed by atoms with Gasteiger partial charge in [0.1, 0.15) is 11.5 Å². The predicted molar refractivity (Wildman–Crippen MR) is 209 cm³/mol.